The number of nitrogens with two attached hydrogens (primary N) is 1. The summed E-state index contributed by atoms with van der Waals surface area (Å²) >= 11 is 0. The van der Waals surface area contributed by atoms with Crippen LogP contribution in [0, 0.1) is 17.8 Å². The van der Waals surface area contributed by atoms with E-state index in [9.17, 15) is 4.79 Å². The molecule has 0 heterocycles. The van der Waals surface area contributed by atoms with E-state index in [1.807, 2.05) is 12.1 Å². The summed E-state index contributed by atoms with van der Waals surface area (Å²) < 4.78 is 5.73. The second-order valence-electron chi connectivity index (χ2n) is 6.33. The van der Waals surface area contributed by atoms with Crippen molar-refractivity contribution < 1.29 is 9.53 Å². The van der Waals surface area contributed by atoms with Gasteiger partial charge < -0.3 is 10.5 Å². The summed E-state index contributed by atoms with van der Waals surface area (Å²) in [5.74, 6) is 1.44. The molecule has 1 fully saturated rings. The van der Waals surface area contributed by atoms with Gasteiger partial charge in [-0.05, 0) is 49.1 Å². The molecule has 3 unspecified atom stereocenters. The molecule has 2 N–H and O–H groups in total. The molecule has 3 atom stereocenters. The highest BCUT2D eigenvalue weighted by Gasteiger charge is 2.32. The Morgan fingerprint density at radius 3 is 2.65 bits per heavy atom. The van der Waals surface area contributed by atoms with Crippen molar-refractivity contribution >= 4 is 11.7 Å². The third-order valence-electron chi connectivity index (χ3n) is 4.54. The van der Waals surface area contributed by atoms with Crippen molar-refractivity contribution in [2.45, 2.75) is 46.1 Å². The number of esters is 1. The van der Waals surface area contributed by atoms with Crippen molar-refractivity contribution in [2.75, 3.05) is 5.73 Å². The van der Waals surface area contributed by atoms with Crippen molar-refractivity contribution in [1.29, 1.82) is 0 Å². The number of anilines is 1. The molecule has 0 saturated heterocycles. The smallest absolute Gasteiger partial charge is 0.340 e. The van der Waals surface area contributed by atoms with Crippen LogP contribution in [0.5, 0.6) is 0 Å². The predicted molar refractivity (Wildman–Crippen MR) is 81.4 cm³/mol. The fourth-order valence-corrected chi connectivity index (χ4v) is 2.97. The van der Waals surface area contributed by atoms with Gasteiger partial charge in [-0.3, -0.25) is 0 Å². The van der Waals surface area contributed by atoms with Crippen LogP contribution in [0.1, 0.15) is 50.4 Å². The van der Waals surface area contributed by atoms with Crippen LogP contribution in [0.2, 0.25) is 0 Å². The molecular weight excluding hydrogens is 250 g/mol. The van der Waals surface area contributed by atoms with E-state index < -0.39 is 0 Å². The van der Waals surface area contributed by atoms with Crippen LogP contribution >= 0.6 is 0 Å². The topological polar surface area (TPSA) is 52.3 Å². The minimum absolute atomic E-state index is 0.0169. The summed E-state index contributed by atoms with van der Waals surface area (Å²) in [5.41, 5.74) is 6.80. The number of para-hydroxylation sites is 1. The molecule has 1 aliphatic rings. The summed E-state index contributed by atoms with van der Waals surface area (Å²) in [6, 6.07) is 7.10. The zero-order valence-electron chi connectivity index (χ0n) is 12.6. The van der Waals surface area contributed by atoms with Gasteiger partial charge in [-0.15, -0.1) is 0 Å². The maximum atomic E-state index is 12.3. The molecule has 1 aromatic carbocycles. The van der Waals surface area contributed by atoms with Crippen LogP contribution in [0.4, 0.5) is 5.69 Å². The lowest BCUT2D eigenvalue weighted by atomic mass is 9.76. The van der Waals surface area contributed by atoms with E-state index in [4.69, 9.17) is 10.5 Å². The summed E-state index contributed by atoms with van der Waals surface area (Å²) in [6.07, 6.45) is 3.35. The lowest BCUT2D eigenvalue weighted by Crippen LogP contribution is -2.34. The average molecular weight is 275 g/mol. The third-order valence-corrected chi connectivity index (χ3v) is 4.54. The van der Waals surface area contributed by atoms with Crippen LogP contribution < -0.4 is 5.73 Å². The zero-order chi connectivity index (χ0) is 14.7. The molecule has 110 valence electrons. The van der Waals surface area contributed by atoms with Crippen molar-refractivity contribution in [1.82, 2.24) is 0 Å². The molecule has 0 bridgehead atoms. The van der Waals surface area contributed by atoms with E-state index in [1.165, 1.54) is 6.42 Å². The van der Waals surface area contributed by atoms with Gasteiger partial charge in [0.1, 0.15) is 6.10 Å². The average Bonchev–Trinajstić information content (AvgIpc) is 2.41. The minimum Gasteiger partial charge on any atom is -0.458 e. The van der Waals surface area contributed by atoms with Gasteiger partial charge in [-0.2, -0.15) is 0 Å². The van der Waals surface area contributed by atoms with Crippen LogP contribution in [0.25, 0.3) is 0 Å². The Hall–Kier alpha value is -1.51. The molecule has 3 heteroatoms. The van der Waals surface area contributed by atoms with E-state index >= 15 is 0 Å². The third kappa shape index (κ3) is 3.33. The first-order valence-corrected chi connectivity index (χ1v) is 7.54. The molecule has 0 aromatic heterocycles. The fourth-order valence-electron chi connectivity index (χ4n) is 2.97. The Kier molecular flexibility index (Phi) is 4.69. The minimum atomic E-state index is -0.288. The normalized spacial score (nSPS) is 26.5. The number of benzene rings is 1. The zero-order valence-corrected chi connectivity index (χ0v) is 12.6. The Morgan fingerprint density at radius 2 is 2.00 bits per heavy atom. The molecular formula is C17H25NO2. The van der Waals surface area contributed by atoms with Crippen LogP contribution in [0.15, 0.2) is 24.3 Å². The summed E-state index contributed by atoms with van der Waals surface area (Å²) in [5, 5.41) is 0. The highest BCUT2D eigenvalue weighted by Crippen LogP contribution is 2.35. The van der Waals surface area contributed by atoms with Gasteiger partial charge in [0.25, 0.3) is 0 Å². The van der Waals surface area contributed by atoms with Crippen molar-refractivity contribution in [3.8, 4) is 0 Å². The van der Waals surface area contributed by atoms with Gasteiger partial charge in [-0.25, -0.2) is 4.79 Å². The second-order valence-corrected chi connectivity index (χ2v) is 6.33. The van der Waals surface area contributed by atoms with Gasteiger partial charge in [0.05, 0.1) is 5.56 Å². The number of carbonyl (C=O) groups excluding carboxylic acids is 1. The molecule has 2 rings (SSSR count). The number of nitrogen functional groups attached to an aromatic ring is 1. The Bertz CT molecular complexity index is 470. The number of hydrogen-bond donors (Lipinski definition) is 1. The predicted octanol–water partition coefficient (Wildman–Crippen LogP) is 3.89. The van der Waals surface area contributed by atoms with E-state index in [0.29, 0.717) is 29.0 Å². The molecule has 3 nitrogen and oxygen atoms in total. The first kappa shape index (κ1) is 14.9. The first-order valence-electron chi connectivity index (χ1n) is 7.54. The summed E-state index contributed by atoms with van der Waals surface area (Å²) in [6.45, 7) is 6.66. The van der Waals surface area contributed by atoms with Crippen molar-refractivity contribution in [2.24, 2.45) is 17.8 Å². The largest absolute Gasteiger partial charge is 0.458 e. The van der Waals surface area contributed by atoms with Gasteiger partial charge in [0.15, 0.2) is 0 Å². The Morgan fingerprint density at radius 1 is 1.30 bits per heavy atom. The molecule has 0 spiro atoms. The molecule has 0 amide bonds. The second kappa shape index (κ2) is 6.29. The maximum absolute atomic E-state index is 12.3. The van der Waals surface area contributed by atoms with Crippen molar-refractivity contribution in [3.63, 3.8) is 0 Å². The Labute approximate surface area is 121 Å². The number of rotatable bonds is 3. The quantitative estimate of drug-likeness (QED) is 0.672. The fraction of sp³-hybridized carbons (Fsp3) is 0.588. The van der Waals surface area contributed by atoms with Crippen LogP contribution in [-0.2, 0) is 4.74 Å². The van der Waals surface area contributed by atoms with Crippen molar-refractivity contribution in [3.05, 3.63) is 29.8 Å². The number of carbonyl (C=O) groups is 1. The van der Waals surface area contributed by atoms with E-state index in [1.54, 1.807) is 12.1 Å². The summed E-state index contributed by atoms with van der Waals surface area (Å²) in [4.78, 5) is 12.3. The van der Waals surface area contributed by atoms with Gasteiger partial charge in [0, 0.05) is 5.69 Å². The lowest BCUT2D eigenvalue weighted by molar-refractivity contribution is -0.00940. The monoisotopic (exact) mass is 275 g/mol. The van der Waals surface area contributed by atoms with Crippen LogP contribution in [0.3, 0.4) is 0 Å². The van der Waals surface area contributed by atoms with E-state index in [-0.39, 0.29) is 12.1 Å². The molecule has 1 aromatic rings. The van der Waals surface area contributed by atoms with E-state index in [2.05, 4.69) is 20.8 Å². The van der Waals surface area contributed by atoms with Gasteiger partial charge in [0.2, 0.25) is 0 Å². The molecule has 0 aliphatic heterocycles. The Balaban J connectivity index is 2.04. The molecule has 0 radical (unpaired) electrons. The van der Waals surface area contributed by atoms with Gasteiger partial charge >= 0.3 is 5.97 Å². The number of hydrogen-bond acceptors (Lipinski definition) is 3. The molecule has 1 saturated carbocycles. The molecule has 20 heavy (non-hydrogen) atoms. The molecule has 1 aliphatic carbocycles. The maximum Gasteiger partial charge on any atom is 0.340 e. The van der Waals surface area contributed by atoms with Crippen LogP contribution in [-0.4, -0.2) is 12.1 Å². The highest BCUT2D eigenvalue weighted by molar-refractivity contribution is 5.95. The SMILES string of the molecule is CC(C)C1CCC(C)C(OC(=O)c2ccccc2N)C1. The lowest BCUT2D eigenvalue weighted by Gasteiger charge is -2.35. The highest BCUT2D eigenvalue weighted by atomic mass is 16.5. The van der Waals surface area contributed by atoms with E-state index in [0.717, 1.165) is 12.8 Å². The summed E-state index contributed by atoms with van der Waals surface area (Å²) in [7, 11) is 0. The first-order chi connectivity index (χ1) is 9.49. The van der Waals surface area contributed by atoms with Gasteiger partial charge in [-0.1, -0.05) is 32.9 Å². The standard InChI is InChI=1S/C17H25NO2/c1-11(2)13-9-8-12(3)16(10-13)20-17(19)14-6-4-5-7-15(14)18/h4-7,11-13,16H,8-10,18H2,1-3H3. The number of ether oxygens (including phenoxy) is 1.